The fourth-order valence-electron chi connectivity index (χ4n) is 2.50. The van der Waals surface area contributed by atoms with Crippen LogP contribution in [0.25, 0.3) is 0 Å². The van der Waals surface area contributed by atoms with Crippen molar-refractivity contribution in [2.45, 2.75) is 6.92 Å². The summed E-state index contributed by atoms with van der Waals surface area (Å²) >= 11 is 0. The molecule has 0 amide bonds. The predicted octanol–water partition coefficient (Wildman–Crippen LogP) is 4.86. The van der Waals surface area contributed by atoms with Crippen molar-refractivity contribution in [3.63, 3.8) is 0 Å². The average Bonchev–Trinajstić information content (AvgIpc) is 2.69. The maximum Gasteiger partial charge on any atom is 0.270 e. The summed E-state index contributed by atoms with van der Waals surface area (Å²) in [6.07, 6.45) is 0. The Kier molecular flexibility index (Phi) is 5.29. The molecule has 0 bridgehead atoms. The van der Waals surface area contributed by atoms with E-state index in [4.69, 9.17) is 0 Å². The first-order chi connectivity index (χ1) is 12.6. The molecule has 5 nitrogen and oxygen atoms in total. The molecule has 3 aromatic rings. The van der Waals surface area contributed by atoms with Crippen LogP contribution in [0.5, 0.6) is 0 Å². The second-order valence-electron chi connectivity index (χ2n) is 5.67. The molecule has 0 saturated carbocycles. The number of rotatable bonds is 5. The molecule has 0 aromatic heterocycles. The molecule has 0 atom stereocenters. The molecular weight excluding hydrogens is 326 g/mol. The van der Waals surface area contributed by atoms with E-state index in [1.165, 1.54) is 12.1 Å². The highest BCUT2D eigenvalue weighted by Gasteiger charge is 2.09. The summed E-state index contributed by atoms with van der Waals surface area (Å²) < 4.78 is 0. The SMILES string of the molecule is C/C(=N/N=C(c1ccccc1)c1ccccc1)c1cccc([N+](=O)[O-])c1. The van der Waals surface area contributed by atoms with Gasteiger partial charge in [0, 0.05) is 28.8 Å². The lowest BCUT2D eigenvalue weighted by atomic mass is 10.0. The maximum absolute atomic E-state index is 10.9. The second-order valence-corrected chi connectivity index (χ2v) is 5.67. The Morgan fingerprint density at radius 1 is 0.769 bits per heavy atom. The zero-order valence-corrected chi connectivity index (χ0v) is 14.2. The van der Waals surface area contributed by atoms with Gasteiger partial charge in [-0.1, -0.05) is 72.8 Å². The van der Waals surface area contributed by atoms with E-state index in [-0.39, 0.29) is 5.69 Å². The van der Waals surface area contributed by atoms with Crippen molar-refractivity contribution in [3.05, 3.63) is 112 Å². The van der Waals surface area contributed by atoms with Crippen molar-refractivity contribution in [1.82, 2.24) is 0 Å². The molecular formula is C21H17N3O2. The third-order valence-electron chi connectivity index (χ3n) is 3.87. The molecule has 0 aliphatic heterocycles. The van der Waals surface area contributed by atoms with Gasteiger partial charge in [0.25, 0.3) is 5.69 Å². The Morgan fingerprint density at radius 2 is 1.31 bits per heavy atom. The smallest absolute Gasteiger partial charge is 0.258 e. The summed E-state index contributed by atoms with van der Waals surface area (Å²) in [6, 6.07) is 26.0. The quantitative estimate of drug-likeness (QED) is 0.377. The van der Waals surface area contributed by atoms with Gasteiger partial charge in [-0.25, -0.2) is 0 Å². The Morgan fingerprint density at radius 3 is 1.85 bits per heavy atom. The fraction of sp³-hybridized carbons (Fsp3) is 0.0476. The van der Waals surface area contributed by atoms with E-state index in [0.717, 1.165) is 16.8 Å². The molecule has 0 heterocycles. The molecule has 3 rings (SSSR count). The van der Waals surface area contributed by atoms with E-state index in [9.17, 15) is 10.1 Å². The van der Waals surface area contributed by atoms with Crippen LogP contribution in [0.15, 0.2) is 95.1 Å². The minimum absolute atomic E-state index is 0.0346. The first-order valence-corrected chi connectivity index (χ1v) is 8.13. The molecule has 128 valence electrons. The van der Waals surface area contributed by atoms with Gasteiger partial charge < -0.3 is 0 Å². The Balaban J connectivity index is 2.02. The number of non-ortho nitro benzene ring substituents is 1. The highest BCUT2D eigenvalue weighted by atomic mass is 16.6. The van der Waals surface area contributed by atoms with Gasteiger partial charge in [0.1, 0.15) is 5.71 Å². The van der Waals surface area contributed by atoms with Crippen molar-refractivity contribution in [1.29, 1.82) is 0 Å². The third kappa shape index (κ3) is 4.08. The molecule has 0 spiro atoms. The van der Waals surface area contributed by atoms with Crippen molar-refractivity contribution >= 4 is 17.1 Å². The summed E-state index contributed by atoms with van der Waals surface area (Å²) in [5.74, 6) is 0. The van der Waals surface area contributed by atoms with Crippen LogP contribution in [-0.4, -0.2) is 16.3 Å². The van der Waals surface area contributed by atoms with Gasteiger partial charge in [-0.05, 0) is 6.92 Å². The van der Waals surface area contributed by atoms with Crippen molar-refractivity contribution < 1.29 is 4.92 Å². The zero-order valence-electron chi connectivity index (χ0n) is 14.2. The lowest BCUT2D eigenvalue weighted by molar-refractivity contribution is -0.384. The van der Waals surface area contributed by atoms with Crippen LogP contribution < -0.4 is 0 Å². The fourth-order valence-corrected chi connectivity index (χ4v) is 2.50. The topological polar surface area (TPSA) is 67.9 Å². The van der Waals surface area contributed by atoms with Crippen LogP contribution in [0.1, 0.15) is 23.6 Å². The number of hydrogen-bond donors (Lipinski definition) is 0. The molecule has 0 N–H and O–H groups in total. The van der Waals surface area contributed by atoms with Gasteiger partial charge in [-0.15, -0.1) is 5.10 Å². The predicted molar refractivity (Wildman–Crippen MR) is 104 cm³/mol. The minimum atomic E-state index is -0.417. The van der Waals surface area contributed by atoms with Crippen LogP contribution >= 0.6 is 0 Å². The van der Waals surface area contributed by atoms with Crippen molar-refractivity contribution in [2.75, 3.05) is 0 Å². The molecule has 0 saturated heterocycles. The summed E-state index contributed by atoms with van der Waals surface area (Å²) in [6.45, 7) is 1.79. The zero-order chi connectivity index (χ0) is 18.4. The van der Waals surface area contributed by atoms with Gasteiger partial charge in [-0.3, -0.25) is 10.1 Å². The molecule has 26 heavy (non-hydrogen) atoms. The number of hydrogen-bond acceptors (Lipinski definition) is 4. The highest BCUT2D eigenvalue weighted by molar-refractivity contribution is 6.13. The lowest BCUT2D eigenvalue weighted by Gasteiger charge is -2.06. The summed E-state index contributed by atoms with van der Waals surface area (Å²) in [5, 5.41) is 19.7. The van der Waals surface area contributed by atoms with E-state index < -0.39 is 4.92 Å². The van der Waals surface area contributed by atoms with Crippen LogP contribution in [-0.2, 0) is 0 Å². The van der Waals surface area contributed by atoms with Crippen LogP contribution in [0, 0.1) is 10.1 Å². The molecule has 3 aromatic carbocycles. The van der Waals surface area contributed by atoms with E-state index in [1.54, 1.807) is 19.1 Å². The molecule has 5 heteroatoms. The Bertz CT molecular complexity index is 923. The van der Waals surface area contributed by atoms with Gasteiger partial charge in [-0.2, -0.15) is 5.10 Å². The number of nitrogens with zero attached hydrogens (tertiary/aromatic N) is 3. The lowest BCUT2D eigenvalue weighted by Crippen LogP contribution is -2.03. The molecule has 0 fully saturated rings. The summed E-state index contributed by atoms with van der Waals surface area (Å²) in [4.78, 5) is 10.5. The number of nitro groups is 1. The molecule has 0 aliphatic carbocycles. The average molecular weight is 343 g/mol. The maximum atomic E-state index is 10.9. The summed E-state index contributed by atoms with van der Waals surface area (Å²) in [5.41, 5.74) is 3.97. The Hall–Kier alpha value is -3.60. The van der Waals surface area contributed by atoms with E-state index in [0.29, 0.717) is 11.3 Å². The first kappa shape index (κ1) is 17.2. The normalized spacial score (nSPS) is 11.0. The van der Waals surface area contributed by atoms with Gasteiger partial charge in [0.15, 0.2) is 0 Å². The number of benzene rings is 3. The molecule has 0 radical (unpaired) electrons. The highest BCUT2D eigenvalue weighted by Crippen LogP contribution is 2.15. The van der Waals surface area contributed by atoms with Crippen LogP contribution in [0.3, 0.4) is 0 Å². The van der Waals surface area contributed by atoms with Gasteiger partial charge in [0.2, 0.25) is 0 Å². The minimum Gasteiger partial charge on any atom is -0.258 e. The van der Waals surface area contributed by atoms with Crippen molar-refractivity contribution in [3.8, 4) is 0 Å². The van der Waals surface area contributed by atoms with E-state index in [1.807, 2.05) is 60.7 Å². The third-order valence-corrected chi connectivity index (χ3v) is 3.87. The number of nitro benzene ring substituents is 1. The van der Waals surface area contributed by atoms with Crippen LogP contribution in [0.4, 0.5) is 5.69 Å². The molecule has 0 unspecified atom stereocenters. The van der Waals surface area contributed by atoms with Crippen LogP contribution in [0.2, 0.25) is 0 Å². The first-order valence-electron chi connectivity index (χ1n) is 8.13. The van der Waals surface area contributed by atoms with E-state index >= 15 is 0 Å². The summed E-state index contributed by atoms with van der Waals surface area (Å²) in [7, 11) is 0. The standard InChI is InChI=1S/C21H17N3O2/c1-16(19-13-8-14-20(15-19)24(25)26)22-23-21(17-9-4-2-5-10-17)18-11-6-3-7-12-18/h2-15H,1H3/b22-16-. The van der Waals surface area contributed by atoms with Gasteiger partial charge >= 0.3 is 0 Å². The molecule has 0 aliphatic rings. The van der Waals surface area contributed by atoms with Crippen molar-refractivity contribution in [2.24, 2.45) is 10.2 Å². The second kappa shape index (κ2) is 7.98. The Labute approximate surface area is 151 Å². The largest absolute Gasteiger partial charge is 0.270 e. The van der Waals surface area contributed by atoms with Gasteiger partial charge in [0.05, 0.1) is 10.6 Å². The van der Waals surface area contributed by atoms with E-state index in [2.05, 4.69) is 10.2 Å². The monoisotopic (exact) mass is 343 g/mol.